The molecule has 0 saturated heterocycles. The van der Waals surface area contributed by atoms with Crippen LogP contribution >= 0.6 is 0 Å². The second-order valence-electron chi connectivity index (χ2n) is 12.6. The molecule has 0 unspecified atom stereocenters. The molecule has 0 N–H and O–H groups in total. The smallest absolute Gasteiger partial charge is 0.240 e. The minimum atomic E-state index is -0.915. The molecular weight excluding hydrogens is 699 g/mol. The summed E-state index contributed by atoms with van der Waals surface area (Å²) in [6.07, 6.45) is 0. The van der Waals surface area contributed by atoms with Crippen molar-refractivity contribution in [2.45, 2.75) is 0 Å². The Morgan fingerprint density at radius 3 is 1.51 bits per heavy atom. The van der Waals surface area contributed by atoms with Gasteiger partial charge >= 0.3 is 0 Å². The number of fused-ring (bicyclic) bond motifs is 9. The van der Waals surface area contributed by atoms with Crippen molar-refractivity contribution in [3.05, 3.63) is 187 Å². The van der Waals surface area contributed by atoms with Crippen LogP contribution in [-0.4, -0.2) is 24.1 Å². The lowest BCUT2D eigenvalue weighted by atomic mass is 10.0. The zero-order valence-electron chi connectivity index (χ0n) is 52.7. The van der Waals surface area contributed by atoms with Gasteiger partial charge in [-0.2, -0.15) is 15.0 Å². The first-order valence-electron chi connectivity index (χ1n) is 29.2. The molecule has 0 bridgehead atoms. The number of furan rings is 1. The molecule has 57 heavy (non-hydrogen) atoms. The van der Waals surface area contributed by atoms with Crippen molar-refractivity contribution in [2.24, 2.45) is 0 Å². The van der Waals surface area contributed by atoms with Gasteiger partial charge in [0.05, 0.1) is 55.0 Å². The average Bonchev–Trinajstić information content (AvgIpc) is 2.75. The summed E-state index contributed by atoms with van der Waals surface area (Å²) < 4.78 is 224. The first kappa shape index (κ1) is 16.1. The van der Waals surface area contributed by atoms with E-state index in [0.717, 1.165) is 9.13 Å². The van der Waals surface area contributed by atoms with Gasteiger partial charge in [0.25, 0.3) is 0 Å². The average molecular weight is 754 g/mol. The molecule has 0 amide bonds. The second-order valence-corrected chi connectivity index (χ2v) is 12.6. The van der Waals surface area contributed by atoms with Crippen LogP contribution in [0.1, 0.15) is 32.9 Å². The number of nitrogens with zero attached hydrogens (tertiary/aromatic N) is 5. The largest absolute Gasteiger partial charge is 0.456 e. The summed E-state index contributed by atoms with van der Waals surface area (Å²) in [4.78, 5) is 14.4. The molecule has 0 fully saturated rings. The van der Waals surface area contributed by atoms with E-state index in [0.29, 0.717) is 16.4 Å². The summed E-state index contributed by atoms with van der Waals surface area (Å²) in [6, 6.07) is -8.41. The maximum Gasteiger partial charge on any atom is 0.240 e. The van der Waals surface area contributed by atoms with Crippen LogP contribution in [-0.2, 0) is 0 Å². The molecule has 266 valence electrons. The van der Waals surface area contributed by atoms with Crippen LogP contribution in [0.4, 0.5) is 0 Å². The highest BCUT2D eigenvalue weighted by atomic mass is 16.3. The quantitative estimate of drug-likeness (QED) is 0.176. The van der Waals surface area contributed by atoms with Crippen molar-refractivity contribution in [3.8, 4) is 45.5 Å². The number of para-hydroxylation sites is 3. The van der Waals surface area contributed by atoms with E-state index < -0.39 is 212 Å². The summed E-state index contributed by atoms with van der Waals surface area (Å²) in [5.41, 5.74) is -4.18. The number of hydrogen-bond acceptors (Lipinski definition) is 4. The van der Waals surface area contributed by atoms with Gasteiger partial charge in [-0.1, -0.05) is 145 Å². The lowest BCUT2D eigenvalue weighted by Crippen LogP contribution is -2.10. The highest BCUT2D eigenvalue weighted by Gasteiger charge is 2.22. The van der Waals surface area contributed by atoms with E-state index in [-0.39, 0.29) is 27.7 Å². The number of rotatable bonds is 5. The Balaban J connectivity index is 1.35. The van der Waals surface area contributed by atoms with Crippen LogP contribution in [0.5, 0.6) is 0 Å². The zero-order chi connectivity index (χ0) is 58.3. The Labute approximate surface area is 360 Å². The highest BCUT2D eigenvalue weighted by molar-refractivity contribution is 6.12. The van der Waals surface area contributed by atoms with Crippen LogP contribution in [0.15, 0.2) is 192 Å². The van der Waals surface area contributed by atoms with E-state index in [4.69, 9.17) is 41.3 Å². The molecule has 0 aliphatic carbocycles. The fourth-order valence-electron chi connectivity index (χ4n) is 6.97. The minimum absolute atomic E-state index is 0.109. The molecule has 4 heterocycles. The summed E-state index contributed by atoms with van der Waals surface area (Å²) in [6.45, 7) is 0. The van der Waals surface area contributed by atoms with Gasteiger partial charge in [-0.15, -0.1) is 0 Å². The molecular formula is C51H31N5O. The molecule has 0 atom stereocenters. The highest BCUT2D eigenvalue weighted by Crippen LogP contribution is 2.38. The third kappa shape index (κ3) is 4.94. The molecule has 12 rings (SSSR count). The molecule has 6 nitrogen and oxygen atoms in total. The van der Waals surface area contributed by atoms with E-state index >= 15 is 0 Å². The van der Waals surface area contributed by atoms with Crippen LogP contribution < -0.4 is 0 Å². The van der Waals surface area contributed by atoms with Gasteiger partial charge < -0.3 is 4.42 Å². The van der Waals surface area contributed by atoms with Gasteiger partial charge in [-0.25, -0.2) is 0 Å². The maximum absolute atomic E-state index is 10.0. The number of aromatic nitrogens is 5. The van der Waals surface area contributed by atoms with E-state index in [1.807, 2.05) is 6.07 Å². The summed E-state index contributed by atoms with van der Waals surface area (Å²) in [5, 5.41) is -0.507. The molecule has 8 aromatic carbocycles. The predicted octanol–water partition coefficient (Wildman–Crippen LogP) is 13.0. The van der Waals surface area contributed by atoms with Crippen molar-refractivity contribution in [1.29, 1.82) is 0 Å². The molecule has 0 saturated carbocycles. The molecule has 4 aromatic heterocycles. The van der Waals surface area contributed by atoms with Gasteiger partial charge in [-0.05, 0) is 64.6 Å². The first-order chi connectivity index (χ1) is 38.2. The van der Waals surface area contributed by atoms with E-state index in [1.165, 1.54) is 6.07 Å². The normalized spacial score (nSPS) is 17.8. The van der Waals surface area contributed by atoms with Crippen molar-refractivity contribution in [3.63, 3.8) is 0 Å². The minimum Gasteiger partial charge on any atom is -0.456 e. The number of benzene rings is 8. The van der Waals surface area contributed by atoms with E-state index in [2.05, 4.69) is 0 Å². The lowest BCUT2D eigenvalue weighted by molar-refractivity contribution is 0.669. The molecule has 0 spiro atoms. The molecule has 0 aliphatic heterocycles. The Bertz CT molecular complexity index is 4670. The van der Waals surface area contributed by atoms with Gasteiger partial charge in [0.15, 0.2) is 5.82 Å². The molecule has 12 aromatic rings. The standard InChI is InChI=1S/C51H31N5O/c1-3-13-32(14-4-1)34-23-26-39-40-27-24-35(33-15-5-2-6-16-33)30-46(40)56(45(39)29-34)51-53-49(36-25-28-42-41-19-9-12-22-47(41)57-48(42)31-36)52-50(54-51)55-43-20-10-7-17-37(43)38-18-8-11-21-44(38)55/h1-31H/i1D,2D,3D,4D,5D,6D,7D,8D,10D,11D,13D,14D,15D,16D,17D,18D,20D,21D,23D,24D,26D,27D,29D,30D. The third-order valence-corrected chi connectivity index (χ3v) is 9.46. The van der Waals surface area contributed by atoms with Crippen molar-refractivity contribution in [2.75, 3.05) is 0 Å². The van der Waals surface area contributed by atoms with Crippen LogP contribution in [0.2, 0.25) is 0 Å². The Morgan fingerprint density at radius 1 is 0.386 bits per heavy atom. The van der Waals surface area contributed by atoms with Crippen LogP contribution in [0, 0.1) is 0 Å². The van der Waals surface area contributed by atoms with Crippen molar-refractivity contribution in [1.82, 2.24) is 24.1 Å². The van der Waals surface area contributed by atoms with Gasteiger partial charge in [0, 0.05) is 37.9 Å². The maximum atomic E-state index is 10.0. The van der Waals surface area contributed by atoms with Gasteiger partial charge in [0.2, 0.25) is 11.9 Å². The first-order valence-corrected chi connectivity index (χ1v) is 17.2. The van der Waals surface area contributed by atoms with Crippen molar-refractivity contribution >= 4 is 65.6 Å². The summed E-state index contributed by atoms with van der Waals surface area (Å²) >= 11 is 0. The van der Waals surface area contributed by atoms with Crippen LogP contribution in [0.25, 0.3) is 111 Å². The third-order valence-electron chi connectivity index (χ3n) is 9.46. The summed E-state index contributed by atoms with van der Waals surface area (Å²) in [5.74, 6) is -1.75. The second kappa shape index (κ2) is 12.3. The number of hydrogen-bond donors (Lipinski definition) is 0. The lowest BCUT2D eigenvalue weighted by Gasteiger charge is -2.13. The van der Waals surface area contributed by atoms with Gasteiger partial charge in [-0.3, -0.25) is 9.13 Å². The molecule has 0 aliphatic rings. The van der Waals surface area contributed by atoms with E-state index in [9.17, 15) is 11.0 Å². The summed E-state index contributed by atoms with van der Waals surface area (Å²) in [7, 11) is 0. The Morgan fingerprint density at radius 2 is 0.895 bits per heavy atom. The fraction of sp³-hybridized carbons (Fsp3) is 0. The van der Waals surface area contributed by atoms with Gasteiger partial charge in [0.1, 0.15) is 11.2 Å². The topological polar surface area (TPSA) is 61.7 Å². The zero-order valence-corrected chi connectivity index (χ0v) is 28.7. The molecule has 6 heteroatoms. The van der Waals surface area contributed by atoms with Crippen LogP contribution in [0.3, 0.4) is 0 Å². The molecule has 0 radical (unpaired) electrons. The Hall–Kier alpha value is -7.83. The Kier molecular flexibility index (Phi) is 3.49. The monoisotopic (exact) mass is 753 g/mol. The van der Waals surface area contributed by atoms with E-state index in [1.54, 1.807) is 30.3 Å². The SMILES string of the molecule is [2H]c1c([2H])c([2H])c(-c2c([2H])c([2H])c3c4c([2H])c([2H])c(-c5c([2H])c([2H])c([2H])c([2H])c5[2H])c([2H])c4n(-c4nc(-c5ccc6c(c5)oc5ccccc56)nc(-n5c6c([2H])c([2H])c([2H])c([2H])c6c6c([2H])c([2H])c([2H])c([2H])c65)n4)c3c2[2H])c([2H])c1[2H]. The fourth-order valence-corrected chi connectivity index (χ4v) is 6.97. The van der Waals surface area contributed by atoms with Crippen molar-refractivity contribution < 1.29 is 37.3 Å². The predicted molar refractivity (Wildman–Crippen MR) is 232 cm³/mol.